The molecule has 2 aromatic rings. The van der Waals surface area contributed by atoms with E-state index in [0.29, 0.717) is 24.4 Å². The van der Waals surface area contributed by atoms with Crippen LogP contribution in [0.3, 0.4) is 0 Å². The molecule has 168 valence electrons. The third-order valence-corrected chi connectivity index (χ3v) is 5.02. The van der Waals surface area contributed by atoms with Crippen LogP contribution in [0.4, 0.5) is 17.6 Å². The fraction of sp³-hybridized carbons (Fsp3) is 0.227. The zero-order valence-electron chi connectivity index (χ0n) is 17.3. The van der Waals surface area contributed by atoms with Crippen LogP contribution in [0.5, 0.6) is 5.75 Å². The number of halogens is 5. The Labute approximate surface area is 189 Å². The molecule has 0 bridgehead atoms. The molecule has 9 heteroatoms. The van der Waals surface area contributed by atoms with Gasteiger partial charge in [0.15, 0.2) is 5.82 Å². The molecule has 0 amide bonds. The zero-order valence-corrected chi connectivity index (χ0v) is 18.9. The van der Waals surface area contributed by atoms with Crippen molar-refractivity contribution < 1.29 is 22.3 Å². The lowest BCUT2D eigenvalue weighted by Crippen LogP contribution is -1.98. The van der Waals surface area contributed by atoms with Crippen molar-refractivity contribution in [3.63, 3.8) is 0 Å². The van der Waals surface area contributed by atoms with E-state index in [1.54, 1.807) is 13.2 Å². The van der Waals surface area contributed by atoms with Crippen molar-refractivity contribution in [2.24, 2.45) is 4.99 Å². The number of benzene rings is 2. The van der Waals surface area contributed by atoms with Crippen LogP contribution in [0.1, 0.15) is 18.1 Å². The fourth-order valence-electron chi connectivity index (χ4n) is 2.32. The second kappa shape index (κ2) is 13.9. The minimum absolute atomic E-state index is 0.339. The van der Waals surface area contributed by atoms with Gasteiger partial charge in [0, 0.05) is 6.07 Å². The van der Waals surface area contributed by atoms with E-state index in [-0.39, 0.29) is 4.90 Å². The van der Waals surface area contributed by atoms with Gasteiger partial charge in [-0.2, -0.15) is 4.39 Å². The van der Waals surface area contributed by atoms with E-state index in [4.69, 9.17) is 16.3 Å². The molecule has 2 aromatic carbocycles. The summed E-state index contributed by atoms with van der Waals surface area (Å²) in [5, 5.41) is -0.695. The smallest absolute Gasteiger partial charge is 0.212 e. The van der Waals surface area contributed by atoms with Gasteiger partial charge in [-0.3, -0.25) is 4.72 Å². The number of methoxy groups -OCH3 is 1. The van der Waals surface area contributed by atoms with Crippen molar-refractivity contribution in [1.29, 1.82) is 0 Å². The molecule has 0 aliphatic rings. The summed E-state index contributed by atoms with van der Waals surface area (Å²) in [4.78, 5) is 2.82. The molecule has 0 unspecified atom stereocenters. The van der Waals surface area contributed by atoms with E-state index in [1.807, 2.05) is 18.2 Å². The van der Waals surface area contributed by atoms with Gasteiger partial charge in [-0.05, 0) is 61.8 Å². The Morgan fingerprint density at radius 1 is 1.26 bits per heavy atom. The lowest BCUT2D eigenvalue weighted by Gasteiger charge is -2.08. The van der Waals surface area contributed by atoms with Gasteiger partial charge in [0.1, 0.15) is 22.4 Å². The number of hydrogen-bond acceptors (Lipinski definition) is 4. The maximum Gasteiger partial charge on any atom is 0.212 e. The molecule has 2 rings (SSSR count). The van der Waals surface area contributed by atoms with Gasteiger partial charge in [0.2, 0.25) is 5.95 Å². The van der Waals surface area contributed by atoms with Gasteiger partial charge >= 0.3 is 0 Å². The average molecular weight is 475 g/mol. The maximum atomic E-state index is 13.0. The lowest BCUT2D eigenvalue weighted by atomic mass is 10.1. The van der Waals surface area contributed by atoms with Gasteiger partial charge in [-0.1, -0.05) is 42.8 Å². The lowest BCUT2D eigenvalue weighted by molar-refractivity contribution is 0.410. The Morgan fingerprint density at radius 3 is 2.55 bits per heavy atom. The fourth-order valence-corrected chi connectivity index (χ4v) is 3.08. The zero-order chi connectivity index (χ0) is 23.4. The maximum absolute atomic E-state index is 13.0. The number of nitrogens with one attached hydrogen (secondary N) is 1. The third kappa shape index (κ3) is 8.40. The first-order valence-electron chi connectivity index (χ1n) is 9.10. The normalized spacial score (nSPS) is 11.3. The predicted molar refractivity (Wildman–Crippen MR) is 120 cm³/mol. The molecule has 0 heterocycles. The molecule has 0 aliphatic heterocycles. The standard InChI is InChI=1S/C15H18FNO.C7H5ClF3NS/c1-4-12-9-10-13(14(11-12)18-3)7-5-6-8-15(16)17-2;1-12-13-7-4(10)2-3(9)5(8)6(7)11/h5-6,8-11H,2,4,7H2,1,3H3;2,12H,1H3/b6-5-,15-8-;. The van der Waals surface area contributed by atoms with E-state index in [9.17, 15) is 17.6 Å². The number of rotatable bonds is 8. The van der Waals surface area contributed by atoms with Gasteiger partial charge in [-0.15, -0.1) is 0 Å². The summed E-state index contributed by atoms with van der Waals surface area (Å²) in [6.45, 7) is 5.20. The Morgan fingerprint density at radius 2 is 1.97 bits per heavy atom. The summed E-state index contributed by atoms with van der Waals surface area (Å²) in [5.74, 6) is -2.88. The van der Waals surface area contributed by atoms with Crippen molar-refractivity contribution in [1.82, 2.24) is 4.72 Å². The van der Waals surface area contributed by atoms with Crippen LogP contribution in [0.15, 0.2) is 58.3 Å². The Balaban J connectivity index is 0.000000327. The molecule has 0 spiro atoms. The van der Waals surface area contributed by atoms with Crippen LogP contribution >= 0.6 is 23.5 Å². The number of ether oxygens (including phenoxy) is 1. The van der Waals surface area contributed by atoms with E-state index in [0.717, 1.165) is 17.7 Å². The predicted octanol–water partition coefficient (Wildman–Crippen LogP) is 6.85. The van der Waals surface area contributed by atoms with Crippen molar-refractivity contribution in [3.05, 3.63) is 82.0 Å². The molecule has 0 aromatic heterocycles. The van der Waals surface area contributed by atoms with Crippen molar-refractivity contribution in [3.8, 4) is 5.75 Å². The molecule has 0 saturated carbocycles. The third-order valence-electron chi connectivity index (χ3n) is 3.89. The van der Waals surface area contributed by atoms with Crippen LogP contribution in [0.25, 0.3) is 0 Å². The molecular formula is C22H23ClF4N2OS. The Hall–Kier alpha value is -2.29. The largest absolute Gasteiger partial charge is 0.496 e. The van der Waals surface area contributed by atoms with Crippen LogP contribution in [-0.4, -0.2) is 20.9 Å². The molecule has 0 aliphatic carbocycles. The van der Waals surface area contributed by atoms with Gasteiger partial charge < -0.3 is 4.74 Å². The van der Waals surface area contributed by atoms with E-state index >= 15 is 0 Å². The topological polar surface area (TPSA) is 33.6 Å². The number of hydrogen-bond donors (Lipinski definition) is 1. The first-order valence-corrected chi connectivity index (χ1v) is 10.3. The second-order valence-corrected chi connectivity index (χ2v) is 7.28. The number of nitrogens with zero attached hydrogens (tertiary/aromatic N) is 1. The number of allylic oxidation sites excluding steroid dienone is 3. The van der Waals surface area contributed by atoms with Crippen molar-refractivity contribution >= 4 is 30.3 Å². The van der Waals surface area contributed by atoms with Crippen molar-refractivity contribution in [2.75, 3.05) is 14.2 Å². The van der Waals surface area contributed by atoms with Crippen LogP contribution in [0.2, 0.25) is 5.02 Å². The highest BCUT2D eigenvalue weighted by atomic mass is 35.5. The highest BCUT2D eigenvalue weighted by Gasteiger charge is 2.17. The average Bonchev–Trinajstić information content (AvgIpc) is 2.78. The van der Waals surface area contributed by atoms with Crippen LogP contribution in [-0.2, 0) is 12.8 Å². The molecule has 31 heavy (non-hydrogen) atoms. The highest BCUT2D eigenvalue weighted by molar-refractivity contribution is 7.97. The van der Waals surface area contributed by atoms with Gasteiger partial charge in [0.05, 0.1) is 12.0 Å². The monoisotopic (exact) mass is 474 g/mol. The summed E-state index contributed by atoms with van der Waals surface area (Å²) in [6.07, 6.45) is 6.42. The quantitative estimate of drug-likeness (QED) is 0.0863. The second-order valence-electron chi connectivity index (χ2n) is 5.88. The molecule has 0 atom stereocenters. The number of aryl methyl sites for hydroxylation is 1. The minimum Gasteiger partial charge on any atom is -0.496 e. The van der Waals surface area contributed by atoms with Gasteiger partial charge in [-0.25, -0.2) is 18.2 Å². The van der Waals surface area contributed by atoms with E-state index in [2.05, 4.69) is 29.4 Å². The molecule has 0 fully saturated rings. The first kappa shape index (κ1) is 26.7. The summed E-state index contributed by atoms with van der Waals surface area (Å²) in [6, 6.07) is 6.69. The SMILES string of the molecule is C=N/C(F)=C\C=C/Cc1ccc(CC)cc1OC.CNSc1c(F)cc(F)c(Cl)c1F. The Bertz CT molecular complexity index is 952. The number of aliphatic imine (C=N–C) groups is 1. The summed E-state index contributed by atoms with van der Waals surface area (Å²) >= 11 is 5.93. The molecular weight excluding hydrogens is 452 g/mol. The summed E-state index contributed by atoms with van der Waals surface area (Å²) in [5.41, 5.74) is 2.31. The first-order chi connectivity index (χ1) is 14.8. The minimum atomic E-state index is -1.10. The molecule has 3 nitrogen and oxygen atoms in total. The van der Waals surface area contributed by atoms with Crippen LogP contribution in [0, 0.1) is 17.5 Å². The molecule has 1 N–H and O–H groups in total. The highest BCUT2D eigenvalue weighted by Crippen LogP contribution is 2.30. The molecule has 0 saturated heterocycles. The van der Waals surface area contributed by atoms with E-state index < -0.39 is 28.4 Å². The summed E-state index contributed by atoms with van der Waals surface area (Å²) in [7, 11) is 3.14. The molecule has 0 radical (unpaired) electrons. The van der Waals surface area contributed by atoms with Crippen LogP contribution < -0.4 is 9.46 Å². The Kier molecular flexibility index (Phi) is 12.0. The summed E-state index contributed by atoms with van der Waals surface area (Å²) < 4.78 is 59.0. The van der Waals surface area contributed by atoms with E-state index in [1.165, 1.54) is 18.7 Å². The van der Waals surface area contributed by atoms with Gasteiger partial charge in [0.25, 0.3) is 0 Å². The van der Waals surface area contributed by atoms with Crippen molar-refractivity contribution in [2.45, 2.75) is 24.7 Å².